The second-order valence-electron chi connectivity index (χ2n) is 3.34. The molecular weight excluding hydrogens is 194 g/mol. The molecule has 0 unspecified atom stereocenters. The number of aromatic nitrogens is 3. The van der Waals surface area contributed by atoms with E-state index in [1.54, 1.807) is 12.1 Å². The van der Waals surface area contributed by atoms with Crippen LogP contribution in [0.2, 0.25) is 0 Å². The summed E-state index contributed by atoms with van der Waals surface area (Å²) in [6.45, 7) is 2.85. The van der Waals surface area contributed by atoms with Crippen LogP contribution in [0.3, 0.4) is 0 Å². The van der Waals surface area contributed by atoms with Crippen LogP contribution in [-0.2, 0) is 0 Å². The van der Waals surface area contributed by atoms with Crippen LogP contribution >= 0.6 is 0 Å². The van der Waals surface area contributed by atoms with Crippen LogP contribution in [0, 0.1) is 0 Å². The van der Waals surface area contributed by atoms with E-state index in [4.69, 9.17) is 0 Å². The van der Waals surface area contributed by atoms with Crippen LogP contribution in [0.5, 0.6) is 0 Å². The van der Waals surface area contributed by atoms with Crippen LogP contribution in [0.15, 0.2) is 12.1 Å². The number of nitrogens with zero attached hydrogens (tertiary/aromatic N) is 2. The van der Waals surface area contributed by atoms with Crippen molar-refractivity contribution in [2.45, 2.75) is 13.8 Å². The Morgan fingerprint density at radius 1 is 1.13 bits per heavy atom. The van der Waals surface area contributed by atoms with Gasteiger partial charge in [0.2, 0.25) is 0 Å². The molecule has 0 fully saturated rings. The molecule has 0 bridgehead atoms. The van der Waals surface area contributed by atoms with Crippen LogP contribution in [0.25, 0.3) is 11.0 Å². The zero-order valence-corrected chi connectivity index (χ0v) is 8.37. The molecule has 0 radical (unpaired) electrons. The zero-order chi connectivity index (χ0) is 11.0. The minimum atomic E-state index is -0.148. The molecule has 1 heterocycles. The van der Waals surface area contributed by atoms with Gasteiger partial charge in [-0.25, -0.2) is 0 Å². The van der Waals surface area contributed by atoms with Crippen molar-refractivity contribution in [3.63, 3.8) is 0 Å². The van der Waals surface area contributed by atoms with E-state index in [0.29, 0.717) is 22.2 Å². The monoisotopic (exact) mass is 203 g/mol. The van der Waals surface area contributed by atoms with Gasteiger partial charge in [0.15, 0.2) is 11.6 Å². The molecule has 1 aromatic heterocycles. The lowest BCUT2D eigenvalue weighted by Crippen LogP contribution is -2.03. The maximum Gasteiger partial charge on any atom is 0.160 e. The maximum atomic E-state index is 11.3. The highest BCUT2D eigenvalue weighted by Crippen LogP contribution is 2.17. The van der Waals surface area contributed by atoms with Gasteiger partial charge in [0, 0.05) is 11.1 Å². The molecule has 0 aliphatic carbocycles. The van der Waals surface area contributed by atoms with Gasteiger partial charge in [-0.3, -0.25) is 14.7 Å². The highest BCUT2D eigenvalue weighted by Gasteiger charge is 2.13. The largest absolute Gasteiger partial charge is 0.294 e. The van der Waals surface area contributed by atoms with Crippen molar-refractivity contribution < 1.29 is 9.59 Å². The molecular formula is C10H9N3O2. The molecule has 0 aliphatic rings. The summed E-state index contributed by atoms with van der Waals surface area (Å²) in [5.74, 6) is -0.290. The summed E-state index contributed by atoms with van der Waals surface area (Å²) in [5.41, 5.74) is 2.04. The summed E-state index contributed by atoms with van der Waals surface area (Å²) >= 11 is 0. The maximum absolute atomic E-state index is 11.3. The zero-order valence-electron chi connectivity index (χ0n) is 8.37. The number of nitrogens with one attached hydrogen (secondary N) is 1. The van der Waals surface area contributed by atoms with E-state index in [9.17, 15) is 9.59 Å². The molecule has 0 spiro atoms. The number of aromatic amines is 1. The second-order valence-corrected chi connectivity index (χ2v) is 3.34. The SMILES string of the molecule is CC(=O)c1cc2nn[nH]c2cc1C(C)=O. The predicted octanol–water partition coefficient (Wildman–Crippen LogP) is 1.36. The molecule has 2 aromatic rings. The minimum absolute atomic E-state index is 0.142. The first kappa shape index (κ1) is 9.51. The third kappa shape index (κ3) is 1.52. The van der Waals surface area contributed by atoms with Gasteiger partial charge in [-0.15, -0.1) is 5.10 Å². The fraction of sp³-hybridized carbons (Fsp3) is 0.200. The van der Waals surface area contributed by atoms with E-state index in [2.05, 4.69) is 15.4 Å². The molecule has 15 heavy (non-hydrogen) atoms. The van der Waals surface area contributed by atoms with Gasteiger partial charge < -0.3 is 0 Å². The first-order valence-corrected chi connectivity index (χ1v) is 4.46. The molecule has 0 aliphatic heterocycles. The van der Waals surface area contributed by atoms with Crippen molar-refractivity contribution in [2.24, 2.45) is 0 Å². The second kappa shape index (κ2) is 3.27. The summed E-state index contributed by atoms with van der Waals surface area (Å²) in [5, 5.41) is 10.1. The van der Waals surface area contributed by atoms with E-state index in [1.807, 2.05) is 0 Å². The fourth-order valence-electron chi connectivity index (χ4n) is 1.48. The first-order valence-electron chi connectivity index (χ1n) is 4.46. The Bertz CT molecular complexity index is 509. The average Bonchev–Trinajstić information content (AvgIpc) is 2.61. The molecule has 5 heteroatoms. The molecule has 76 valence electrons. The lowest BCUT2D eigenvalue weighted by Gasteiger charge is -2.02. The highest BCUT2D eigenvalue weighted by molar-refractivity contribution is 6.09. The van der Waals surface area contributed by atoms with E-state index >= 15 is 0 Å². The molecule has 0 saturated carbocycles. The molecule has 0 amide bonds. The van der Waals surface area contributed by atoms with Crippen molar-refractivity contribution in [3.05, 3.63) is 23.3 Å². The number of Topliss-reactive ketones (excluding diaryl/α,β-unsaturated/α-hetero) is 2. The van der Waals surface area contributed by atoms with Crippen molar-refractivity contribution in [2.75, 3.05) is 0 Å². The van der Waals surface area contributed by atoms with E-state index in [1.165, 1.54) is 13.8 Å². The van der Waals surface area contributed by atoms with Gasteiger partial charge in [0.05, 0.1) is 5.52 Å². The molecule has 1 N–H and O–H groups in total. The topological polar surface area (TPSA) is 75.7 Å². The van der Waals surface area contributed by atoms with Gasteiger partial charge in [-0.1, -0.05) is 5.21 Å². The number of H-pyrrole nitrogens is 1. The number of benzene rings is 1. The van der Waals surface area contributed by atoms with Gasteiger partial charge in [-0.05, 0) is 26.0 Å². The number of ketones is 2. The predicted molar refractivity (Wildman–Crippen MR) is 53.9 cm³/mol. The highest BCUT2D eigenvalue weighted by atomic mass is 16.1. The lowest BCUT2D eigenvalue weighted by atomic mass is 10.0. The summed E-state index contributed by atoms with van der Waals surface area (Å²) in [6, 6.07) is 3.19. The summed E-state index contributed by atoms with van der Waals surface area (Å²) < 4.78 is 0. The molecule has 0 saturated heterocycles. The molecule has 1 aromatic carbocycles. The number of carbonyl (C=O) groups is 2. The lowest BCUT2D eigenvalue weighted by molar-refractivity contribution is 0.0981. The van der Waals surface area contributed by atoms with E-state index < -0.39 is 0 Å². The van der Waals surface area contributed by atoms with Crippen molar-refractivity contribution in [1.82, 2.24) is 15.4 Å². The summed E-state index contributed by atoms with van der Waals surface area (Å²) in [7, 11) is 0. The van der Waals surface area contributed by atoms with E-state index in [0.717, 1.165) is 0 Å². The number of hydrogen-bond acceptors (Lipinski definition) is 4. The molecule has 0 atom stereocenters. The summed E-state index contributed by atoms with van der Waals surface area (Å²) in [4.78, 5) is 22.7. The van der Waals surface area contributed by atoms with Crippen LogP contribution in [-0.4, -0.2) is 27.0 Å². The normalized spacial score (nSPS) is 10.5. The molecule has 5 nitrogen and oxygen atoms in total. The standard InChI is InChI=1S/C10H9N3O2/c1-5(14)7-3-9-10(12-13-11-9)4-8(7)6(2)15/h3-4H,1-2H3,(H,11,12,13). The first-order chi connectivity index (χ1) is 7.09. The third-order valence-electron chi connectivity index (χ3n) is 2.22. The quantitative estimate of drug-likeness (QED) is 0.748. The van der Waals surface area contributed by atoms with Crippen LogP contribution < -0.4 is 0 Å². The Morgan fingerprint density at radius 2 is 1.73 bits per heavy atom. The van der Waals surface area contributed by atoms with Crippen molar-refractivity contribution >= 4 is 22.6 Å². The minimum Gasteiger partial charge on any atom is -0.294 e. The average molecular weight is 203 g/mol. The third-order valence-corrected chi connectivity index (χ3v) is 2.22. The Hall–Kier alpha value is -2.04. The van der Waals surface area contributed by atoms with Crippen LogP contribution in [0.1, 0.15) is 34.6 Å². The Morgan fingerprint density at radius 3 is 2.33 bits per heavy atom. The number of rotatable bonds is 2. The molecule has 2 rings (SSSR count). The smallest absolute Gasteiger partial charge is 0.160 e. The number of carbonyl (C=O) groups excluding carboxylic acids is 2. The van der Waals surface area contributed by atoms with Gasteiger partial charge in [0.1, 0.15) is 5.52 Å². The van der Waals surface area contributed by atoms with E-state index in [-0.39, 0.29) is 11.6 Å². The Labute approximate surface area is 85.5 Å². The van der Waals surface area contributed by atoms with Gasteiger partial charge in [0.25, 0.3) is 0 Å². The number of hydrogen-bond donors (Lipinski definition) is 1. The number of fused-ring (bicyclic) bond motifs is 1. The Kier molecular flexibility index (Phi) is 2.07. The van der Waals surface area contributed by atoms with Gasteiger partial charge >= 0.3 is 0 Å². The summed E-state index contributed by atoms with van der Waals surface area (Å²) in [6.07, 6.45) is 0. The fourth-order valence-corrected chi connectivity index (χ4v) is 1.48. The van der Waals surface area contributed by atoms with Crippen molar-refractivity contribution in [1.29, 1.82) is 0 Å². The van der Waals surface area contributed by atoms with Crippen LogP contribution in [0.4, 0.5) is 0 Å². The Balaban J connectivity index is 2.79. The van der Waals surface area contributed by atoms with Gasteiger partial charge in [-0.2, -0.15) is 0 Å². The van der Waals surface area contributed by atoms with Crippen molar-refractivity contribution in [3.8, 4) is 0 Å².